The number of hydrogen-bond donors (Lipinski definition) is 1. The molecule has 0 unspecified atom stereocenters. The summed E-state index contributed by atoms with van der Waals surface area (Å²) in [5.41, 5.74) is 2.76. The van der Waals surface area contributed by atoms with Crippen molar-refractivity contribution in [2.75, 3.05) is 18.9 Å². The predicted octanol–water partition coefficient (Wildman–Crippen LogP) is 4.06. The Hall–Kier alpha value is -3.85. The fourth-order valence-electron chi connectivity index (χ4n) is 3.14. The molecule has 0 fully saturated rings. The summed E-state index contributed by atoms with van der Waals surface area (Å²) in [6.07, 6.45) is 0. The summed E-state index contributed by atoms with van der Waals surface area (Å²) in [7, 11) is -0.658. The average molecular weight is 451 g/mol. The lowest BCUT2D eigenvalue weighted by Gasteiger charge is -2.11. The quantitative estimate of drug-likeness (QED) is 0.456. The zero-order chi connectivity index (χ0) is 22.7. The molecule has 32 heavy (non-hydrogen) atoms. The molecule has 0 radical (unpaired) electrons. The van der Waals surface area contributed by atoms with Crippen LogP contribution in [0.25, 0.3) is 17.1 Å². The van der Waals surface area contributed by atoms with E-state index in [-0.39, 0.29) is 10.9 Å². The maximum Gasteiger partial charge on any atom is 0.336 e. The first-order chi connectivity index (χ1) is 15.4. The molecule has 0 spiro atoms. The molecule has 4 aromatic rings. The number of nitrogens with one attached hydrogen (secondary N) is 1. The van der Waals surface area contributed by atoms with Crippen LogP contribution >= 0.6 is 0 Å². The van der Waals surface area contributed by atoms with Gasteiger partial charge in [0.2, 0.25) is 0 Å². The van der Waals surface area contributed by atoms with Gasteiger partial charge in [-0.1, -0.05) is 35.9 Å². The third-order valence-electron chi connectivity index (χ3n) is 4.77. The van der Waals surface area contributed by atoms with Gasteiger partial charge >= 0.3 is 6.01 Å². The highest BCUT2D eigenvalue weighted by atomic mass is 32.2. The lowest BCUT2D eigenvalue weighted by atomic mass is 10.2. The number of ether oxygens (including phenoxy) is 2. The van der Waals surface area contributed by atoms with Crippen LogP contribution in [0.3, 0.4) is 0 Å². The second kappa shape index (κ2) is 8.72. The van der Waals surface area contributed by atoms with Crippen LogP contribution in [0.2, 0.25) is 0 Å². The molecule has 0 saturated heterocycles. The maximum atomic E-state index is 12.8. The van der Waals surface area contributed by atoms with Crippen molar-refractivity contribution in [3.8, 4) is 28.8 Å². The fraction of sp³-hybridized carbons (Fsp3) is 0.130. The van der Waals surface area contributed by atoms with E-state index >= 15 is 0 Å². The van der Waals surface area contributed by atoms with Gasteiger partial charge in [0.05, 0.1) is 30.5 Å². The Morgan fingerprint density at radius 2 is 1.66 bits per heavy atom. The molecular formula is C23H22N4O4S. The molecule has 3 aromatic carbocycles. The number of rotatable bonds is 7. The van der Waals surface area contributed by atoms with Gasteiger partial charge in [-0.3, -0.25) is 4.72 Å². The molecular weight excluding hydrogens is 428 g/mol. The molecule has 1 heterocycles. The van der Waals surface area contributed by atoms with Crippen LogP contribution in [0.5, 0.6) is 11.8 Å². The third kappa shape index (κ3) is 4.42. The first kappa shape index (κ1) is 21.4. The largest absolute Gasteiger partial charge is 0.497 e. The van der Waals surface area contributed by atoms with E-state index in [0.29, 0.717) is 22.9 Å². The molecule has 8 nitrogen and oxygen atoms in total. The number of hydrogen-bond acceptors (Lipinski definition) is 6. The minimum absolute atomic E-state index is 0.188. The van der Waals surface area contributed by atoms with Crippen LogP contribution in [0.1, 0.15) is 5.56 Å². The molecule has 1 N–H and O–H groups in total. The van der Waals surface area contributed by atoms with Crippen molar-refractivity contribution in [2.24, 2.45) is 0 Å². The Kier molecular flexibility index (Phi) is 5.83. The monoisotopic (exact) mass is 450 g/mol. The zero-order valence-corrected chi connectivity index (χ0v) is 18.6. The number of sulfonamides is 1. The summed E-state index contributed by atoms with van der Waals surface area (Å²) in [6, 6.07) is 21.2. The SMILES string of the molecule is COc1cccc(-c2nc(OC)nn2-c2cccc(NS(=O)(=O)c3ccc(C)cc3)c2)c1. The van der Waals surface area contributed by atoms with Crippen molar-refractivity contribution in [2.45, 2.75) is 11.8 Å². The van der Waals surface area contributed by atoms with Crippen LogP contribution in [0.15, 0.2) is 77.7 Å². The van der Waals surface area contributed by atoms with Crippen molar-refractivity contribution < 1.29 is 17.9 Å². The van der Waals surface area contributed by atoms with Gasteiger partial charge in [-0.25, -0.2) is 13.1 Å². The first-order valence-electron chi connectivity index (χ1n) is 9.75. The van der Waals surface area contributed by atoms with Crippen LogP contribution in [-0.4, -0.2) is 37.4 Å². The van der Waals surface area contributed by atoms with Gasteiger partial charge in [-0.15, -0.1) is 5.10 Å². The Balaban J connectivity index is 1.72. The summed E-state index contributed by atoms with van der Waals surface area (Å²) in [4.78, 5) is 4.63. The molecule has 4 rings (SSSR count). The van der Waals surface area contributed by atoms with Crippen molar-refractivity contribution >= 4 is 15.7 Å². The molecule has 0 aliphatic heterocycles. The molecule has 1 aromatic heterocycles. The number of nitrogens with zero attached hydrogens (tertiary/aromatic N) is 3. The van der Waals surface area contributed by atoms with E-state index in [0.717, 1.165) is 11.1 Å². The molecule has 0 bridgehead atoms. The van der Waals surface area contributed by atoms with Gasteiger partial charge in [-0.05, 0) is 49.4 Å². The predicted molar refractivity (Wildman–Crippen MR) is 122 cm³/mol. The molecule has 164 valence electrons. The minimum atomic E-state index is -3.74. The summed E-state index contributed by atoms with van der Waals surface area (Å²) in [6.45, 7) is 1.90. The Labute approximate surface area is 186 Å². The van der Waals surface area contributed by atoms with E-state index in [9.17, 15) is 8.42 Å². The normalized spacial score (nSPS) is 11.2. The number of aromatic nitrogens is 3. The van der Waals surface area contributed by atoms with E-state index in [1.54, 1.807) is 54.3 Å². The van der Waals surface area contributed by atoms with Gasteiger partial charge in [0.15, 0.2) is 5.82 Å². The van der Waals surface area contributed by atoms with Crippen molar-refractivity contribution in [3.63, 3.8) is 0 Å². The molecule has 9 heteroatoms. The first-order valence-corrected chi connectivity index (χ1v) is 11.2. The van der Waals surface area contributed by atoms with Crippen LogP contribution < -0.4 is 14.2 Å². The van der Waals surface area contributed by atoms with Gasteiger partial charge in [0.1, 0.15) is 5.75 Å². The van der Waals surface area contributed by atoms with Gasteiger partial charge in [0, 0.05) is 5.56 Å². The smallest absolute Gasteiger partial charge is 0.336 e. The number of benzene rings is 3. The second-order valence-electron chi connectivity index (χ2n) is 7.03. The van der Waals surface area contributed by atoms with E-state index in [4.69, 9.17) is 9.47 Å². The maximum absolute atomic E-state index is 12.8. The Morgan fingerprint density at radius 1 is 0.906 bits per heavy atom. The summed E-state index contributed by atoms with van der Waals surface area (Å²) < 4.78 is 40.3. The molecule has 0 aliphatic carbocycles. The number of anilines is 1. The highest BCUT2D eigenvalue weighted by Gasteiger charge is 2.17. The summed E-state index contributed by atoms with van der Waals surface area (Å²) in [5.74, 6) is 1.20. The van der Waals surface area contributed by atoms with Crippen LogP contribution in [-0.2, 0) is 10.0 Å². The molecule has 0 atom stereocenters. The number of methoxy groups -OCH3 is 2. The van der Waals surface area contributed by atoms with Crippen molar-refractivity contribution in [3.05, 3.63) is 78.4 Å². The van der Waals surface area contributed by atoms with Crippen molar-refractivity contribution in [1.82, 2.24) is 14.8 Å². The van der Waals surface area contributed by atoms with Gasteiger partial charge in [-0.2, -0.15) is 4.98 Å². The highest BCUT2D eigenvalue weighted by Crippen LogP contribution is 2.28. The summed E-state index contributed by atoms with van der Waals surface area (Å²) >= 11 is 0. The van der Waals surface area contributed by atoms with E-state index < -0.39 is 10.0 Å². The van der Waals surface area contributed by atoms with E-state index in [1.165, 1.54) is 7.11 Å². The van der Waals surface area contributed by atoms with Gasteiger partial charge in [0.25, 0.3) is 10.0 Å². The Bertz CT molecular complexity index is 1350. The molecule has 0 amide bonds. The van der Waals surface area contributed by atoms with Crippen LogP contribution in [0.4, 0.5) is 5.69 Å². The minimum Gasteiger partial charge on any atom is -0.497 e. The lowest BCUT2D eigenvalue weighted by Crippen LogP contribution is -2.13. The van der Waals surface area contributed by atoms with Gasteiger partial charge < -0.3 is 9.47 Å². The topological polar surface area (TPSA) is 95.3 Å². The fourth-order valence-corrected chi connectivity index (χ4v) is 4.19. The Morgan fingerprint density at radius 3 is 2.38 bits per heavy atom. The average Bonchev–Trinajstić information content (AvgIpc) is 3.24. The van der Waals surface area contributed by atoms with E-state index in [2.05, 4.69) is 14.8 Å². The third-order valence-corrected chi connectivity index (χ3v) is 6.17. The zero-order valence-electron chi connectivity index (χ0n) is 17.8. The lowest BCUT2D eigenvalue weighted by molar-refractivity contribution is 0.380. The van der Waals surface area contributed by atoms with E-state index in [1.807, 2.05) is 37.3 Å². The molecule has 0 aliphatic rings. The molecule has 0 saturated carbocycles. The highest BCUT2D eigenvalue weighted by molar-refractivity contribution is 7.92. The van der Waals surface area contributed by atoms with Crippen LogP contribution in [0, 0.1) is 6.92 Å². The number of aryl methyl sites for hydroxylation is 1. The second-order valence-corrected chi connectivity index (χ2v) is 8.72. The standard InChI is InChI=1S/C23H22N4O4S/c1-16-10-12-21(13-11-16)32(28,29)26-18-7-5-8-19(15-18)27-22(24-23(25-27)31-3)17-6-4-9-20(14-17)30-2/h4-15,26H,1-3H3. The summed E-state index contributed by atoms with van der Waals surface area (Å²) in [5, 5.41) is 4.40. The van der Waals surface area contributed by atoms with Crippen molar-refractivity contribution in [1.29, 1.82) is 0 Å².